The summed E-state index contributed by atoms with van der Waals surface area (Å²) >= 11 is 0. The quantitative estimate of drug-likeness (QED) is 0.628. The van der Waals surface area contributed by atoms with Gasteiger partial charge >= 0.3 is 0 Å². The second-order valence-corrected chi connectivity index (χ2v) is 3.61. The summed E-state index contributed by atoms with van der Waals surface area (Å²) < 4.78 is 10.1. The van der Waals surface area contributed by atoms with E-state index in [9.17, 15) is 4.79 Å². The molecule has 88 valence electrons. The number of ether oxygens (including phenoxy) is 2. The van der Waals surface area contributed by atoms with Crippen LogP contribution in [0, 0.1) is 0 Å². The molecule has 0 aliphatic carbocycles. The minimum atomic E-state index is -0.141. The minimum absolute atomic E-state index is 0.141. The van der Waals surface area contributed by atoms with Crippen molar-refractivity contribution in [2.75, 3.05) is 46.6 Å². The van der Waals surface area contributed by atoms with Crippen LogP contribution in [0.1, 0.15) is 6.92 Å². The number of nitrogens with one attached hydrogen (secondary N) is 1. The summed E-state index contributed by atoms with van der Waals surface area (Å²) in [6, 6.07) is -0.141. The molecule has 1 aliphatic rings. The van der Waals surface area contributed by atoms with E-state index in [4.69, 9.17) is 9.47 Å². The van der Waals surface area contributed by atoms with Crippen LogP contribution in [0.2, 0.25) is 0 Å². The zero-order valence-electron chi connectivity index (χ0n) is 9.49. The first-order chi connectivity index (χ1) is 7.25. The average Bonchev–Trinajstić information content (AvgIpc) is 2.29. The first-order valence-corrected chi connectivity index (χ1v) is 5.34. The minimum Gasteiger partial charge on any atom is -0.383 e. The number of rotatable bonds is 5. The molecule has 0 radical (unpaired) electrons. The summed E-state index contributed by atoms with van der Waals surface area (Å²) in [5, 5.41) is 3.12. The van der Waals surface area contributed by atoms with Gasteiger partial charge in [0.1, 0.15) is 0 Å². The lowest BCUT2D eigenvalue weighted by atomic mass is 10.2. The fraction of sp³-hybridized carbons (Fsp3) is 0.900. The number of nitrogens with zero attached hydrogens (tertiary/aromatic N) is 1. The smallest absolute Gasteiger partial charge is 0.239 e. The highest BCUT2D eigenvalue weighted by atomic mass is 16.5. The van der Waals surface area contributed by atoms with E-state index in [1.165, 1.54) is 0 Å². The SMILES string of the molecule is COCCNC(C)C(=O)N1CCOCC1. The molecule has 0 spiro atoms. The van der Waals surface area contributed by atoms with Gasteiger partial charge in [0.2, 0.25) is 5.91 Å². The third-order valence-corrected chi connectivity index (χ3v) is 2.45. The Balaban J connectivity index is 2.24. The van der Waals surface area contributed by atoms with Crippen molar-refractivity contribution in [3.8, 4) is 0 Å². The molecular weight excluding hydrogens is 196 g/mol. The normalized spacial score (nSPS) is 18.9. The molecule has 1 atom stereocenters. The lowest BCUT2D eigenvalue weighted by Gasteiger charge is -2.29. The highest BCUT2D eigenvalue weighted by molar-refractivity contribution is 5.81. The Labute approximate surface area is 90.7 Å². The van der Waals surface area contributed by atoms with Crippen LogP contribution < -0.4 is 5.32 Å². The number of morpholine rings is 1. The number of carbonyl (C=O) groups is 1. The van der Waals surface area contributed by atoms with Crippen molar-refractivity contribution in [1.82, 2.24) is 10.2 Å². The van der Waals surface area contributed by atoms with Crippen LogP contribution in [-0.2, 0) is 14.3 Å². The second kappa shape index (κ2) is 6.76. The predicted octanol–water partition coefficient (Wildman–Crippen LogP) is -0.530. The number of amides is 1. The van der Waals surface area contributed by atoms with Gasteiger partial charge in [0.05, 0.1) is 25.9 Å². The van der Waals surface area contributed by atoms with Crippen molar-refractivity contribution in [3.63, 3.8) is 0 Å². The predicted molar refractivity (Wildman–Crippen MR) is 56.7 cm³/mol. The monoisotopic (exact) mass is 216 g/mol. The Morgan fingerprint density at radius 2 is 2.20 bits per heavy atom. The first-order valence-electron chi connectivity index (χ1n) is 5.34. The number of hydrogen-bond donors (Lipinski definition) is 1. The summed E-state index contributed by atoms with van der Waals surface area (Å²) in [7, 11) is 1.65. The Hall–Kier alpha value is -0.650. The maximum Gasteiger partial charge on any atom is 0.239 e. The molecule has 1 rings (SSSR count). The lowest BCUT2D eigenvalue weighted by molar-refractivity contribution is -0.137. The van der Waals surface area contributed by atoms with Gasteiger partial charge in [-0.2, -0.15) is 0 Å². The van der Waals surface area contributed by atoms with Gasteiger partial charge in [0.15, 0.2) is 0 Å². The molecule has 1 saturated heterocycles. The topological polar surface area (TPSA) is 50.8 Å². The van der Waals surface area contributed by atoms with E-state index < -0.39 is 0 Å². The summed E-state index contributed by atoms with van der Waals surface area (Å²) in [4.78, 5) is 13.7. The molecule has 5 nitrogen and oxygen atoms in total. The summed E-state index contributed by atoms with van der Waals surface area (Å²) in [5.41, 5.74) is 0. The number of hydrogen-bond acceptors (Lipinski definition) is 4. The molecular formula is C10H20N2O3. The molecule has 1 fully saturated rings. The molecule has 0 aromatic rings. The van der Waals surface area contributed by atoms with E-state index in [2.05, 4.69) is 5.32 Å². The fourth-order valence-corrected chi connectivity index (χ4v) is 1.52. The molecule has 1 aliphatic heterocycles. The Morgan fingerprint density at radius 3 is 2.80 bits per heavy atom. The Morgan fingerprint density at radius 1 is 1.53 bits per heavy atom. The zero-order chi connectivity index (χ0) is 11.1. The molecule has 0 aromatic carbocycles. The van der Waals surface area contributed by atoms with E-state index in [1.807, 2.05) is 11.8 Å². The molecule has 1 amide bonds. The van der Waals surface area contributed by atoms with Crippen LogP contribution >= 0.6 is 0 Å². The number of methoxy groups -OCH3 is 1. The molecule has 15 heavy (non-hydrogen) atoms. The van der Waals surface area contributed by atoms with Crippen molar-refractivity contribution >= 4 is 5.91 Å². The van der Waals surface area contributed by atoms with E-state index >= 15 is 0 Å². The van der Waals surface area contributed by atoms with E-state index in [0.29, 0.717) is 39.5 Å². The molecule has 1 unspecified atom stereocenters. The lowest BCUT2D eigenvalue weighted by Crippen LogP contribution is -2.49. The standard InChI is InChI=1S/C10H20N2O3/c1-9(11-3-6-14-2)10(13)12-4-7-15-8-5-12/h9,11H,3-8H2,1-2H3. The second-order valence-electron chi connectivity index (χ2n) is 3.61. The van der Waals surface area contributed by atoms with Crippen LogP contribution in [0.5, 0.6) is 0 Å². The van der Waals surface area contributed by atoms with E-state index in [0.717, 1.165) is 0 Å². The van der Waals surface area contributed by atoms with Crippen molar-refractivity contribution < 1.29 is 14.3 Å². The van der Waals surface area contributed by atoms with Gasteiger partial charge in [0.25, 0.3) is 0 Å². The zero-order valence-corrected chi connectivity index (χ0v) is 9.49. The van der Waals surface area contributed by atoms with Crippen molar-refractivity contribution in [1.29, 1.82) is 0 Å². The largest absolute Gasteiger partial charge is 0.383 e. The third-order valence-electron chi connectivity index (χ3n) is 2.45. The van der Waals surface area contributed by atoms with Gasteiger partial charge in [-0.25, -0.2) is 0 Å². The maximum absolute atomic E-state index is 11.9. The van der Waals surface area contributed by atoms with Gasteiger partial charge in [-0.05, 0) is 6.92 Å². The van der Waals surface area contributed by atoms with Crippen molar-refractivity contribution in [3.05, 3.63) is 0 Å². The van der Waals surface area contributed by atoms with Gasteiger partial charge < -0.3 is 19.7 Å². The van der Waals surface area contributed by atoms with Crippen LogP contribution in [-0.4, -0.2) is 63.4 Å². The molecule has 1 heterocycles. The molecule has 5 heteroatoms. The Bertz CT molecular complexity index is 193. The molecule has 0 aromatic heterocycles. The molecule has 0 bridgehead atoms. The van der Waals surface area contributed by atoms with E-state index in [-0.39, 0.29) is 11.9 Å². The van der Waals surface area contributed by atoms with Gasteiger partial charge in [-0.15, -0.1) is 0 Å². The van der Waals surface area contributed by atoms with Crippen molar-refractivity contribution in [2.45, 2.75) is 13.0 Å². The van der Waals surface area contributed by atoms with E-state index in [1.54, 1.807) is 7.11 Å². The van der Waals surface area contributed by atoms with Gasteiger partial charge in [0, 0.05) is 26.7 Å². The average molecular weight is 216 g/mol. The van der Waals surface area contributed by atoms with Crippen LogP contribution in [0.3, 0.4) is 0 Å². The Kier molecular flexibility index (Phi) is 5.60. The molecule has 0 saturated carbocycles. The maximum atomic E-state index is 11.9. The van der Waals surface area contributed by atoms with Crippen LogP contribution in [0.4, 0.5) is 0 Å². The third kappa shape index (κ3) is 4.15. The summed E-state index contributed by atoms with van der Waals surface area (Å²) in [6.45, 7) is 5.92. The number of carbonyl (C=O) groups excluding carboxylic acids is 1. The van der Waals surface area contributed by atoms with Gasteiger partial charge in [-0.1, -0.05) is 0 Å². The summed E-state index contributed by atoms with van der Waals surface area (Å²) in [6.07, 6.45) is 0. The molecule has 1 N–H and O–H groups in total. The van der Waals surface area contributed by atoms with Crippen LogP contribution in [0.25, 0.3) is 0 Å². The highest BCUT2D eigenvalue weighted by Crippen LogP contribution is 2.00. The fourth-order valence-electron chi connectivity index (χ4n) is 1.52. The van der Waals surface area contributed by atoms with Crippen LogP contribution in [0.15, 0.2) is 0 Å². The first kappa shape index (κ1) is 12.4. The van der Waals surface area contributed by atoms with Crippen molar-refractivity contribution in [2.24, 2.45) is 0 Å². The highest BCUT2D eigenvalue weighted by Gasteiger charge is 2.21. The summed E-state index contributed by atoms with van der Waals surface area (Å²) in [5.74, 6) is 0.148. The van der Waals surface area contributed by atoms with Gasteiger partial charge in [-0.3, -0.25) is 4.79 Å².